The number of ether oxygens (including phenoxy) is 1. The Morgan fingerprint density at radius 3 is 2.97 bits per heavy atom. The fourth-order valence-electron chi connectivity index (χ4n) is 4.68. The highest BCUT2D eigenvalue weighted by Gasteiger charge is 2.32. The Hall–Kier alpha value is -4.02. The highest BCUT2D eigenvalue weighted by atomic mass is 16.5. The number of amides is 1. The molecule has 0 spiro atoms. The molecule has 1 aromatic carbocycles. The zero-order chi connectivity index (χ0) is 26.2. The molecule has 0 saturated carbocycles. The average Bonchev–Trinajstić information content (AvgIpc) is 3.50. The number of hydrogen-bond acceptors (Lipinski definition) is 8. The van der Waals surface area contributed by atoms with Crippen molar-refractivity contribution in [3.63, 3.8) is 0 Å². The Kier molecular flexibility index (Phi) is 6.53. The van der Waals surface area contributed by atoms with Crippen LogP contribution in [0.2, 0.25) is 0 Å². The molecule has 0 unspecified atom stereocenters. The van der Waals surface area contributed by atoms with Gasteiger partial charge in [-0.05, 0) is 63.4 Å². The first-order valence-corrected chi connectivity index (χ1v) is 12.2. The topological polar surface area (TPSA) is 116 Å². The van der Waals surface area contributed by atoms with Crippen LogP contribution in [-0.4, -0.2) is 68.6 Å². The molecule has 10 heteroatoms. The normalized spacial score (nSPS) is 18.6. The molecule has 37 heavy (non-hydrogen) atoms. The van der Waals surface area contributed by atoms with Crippen LogP contribution in [0.1, 0.15) is 36.7 Å². The lowest BCUT2D eigenvalue weighted by Crippen LogP contribution is -2.51. The van der Waals surface area contributed by atoms with Crippen LogP contribution in [0, 0.1) is 0 Å². The van der Waals surface area contributed by atoms with E-state index in [1.165, 1.54) is 0 Å². The van der Waals surface area contributed by atoms with Crippen molar-refractivity contribution < 1.29 is 14.6 Å². The Morgan fingerprint density at radius 2 is 2.19 bits per heavy atom. The first kappa shape index (κ1) is 24.7. The fourth-order valence-corrected chi connectivity index (χ4v) is 4.68. The van der Waals surface area contributed by atoms with Crippen molar-refractivity contribution in [3.8, 4) is 11.3 Å². The van der Waals surface area contributed by atoms with Gasteiger partial charge < -0.3 is 25.4 Å². The molecule has 1 saturated heterocycles. The standard InChI is InChI=1S/C27H31N7O3/c1-17(33-12-13-37-22(16-33)27(2,3)36)7-10-23(28-4)32-20-9-8-18(19-14-30-26(35)25(19)20)21-15-29-24-6-5-11-31-34(21)24/h5-11,15,22,32,36H,4,12-14,16H2,1-3H3,(H,30,35)/b17-7+,23-10+/t22-/m0/s1. The first-order valence-electron chi connectivity index (χ1n) is 12.2. The van der Waals surface area contributed by atoms with Crippen molar-refractivity contribution in [2.45, 2.75) is 39.0 Å². The minimum absolute atomic E-state index is 0.151. The van der Waals surface area contributed by atoms with Gasteiger partial charge in [0.05, 0.1) is 35.3 Å². The van der Waals surface area contributed by atoms with E-state index in [-0.39, 0.29) is 12.0 Å². The molecule has 10 nitrogen and oxygen atoms in total. The molecular weight excluding hydrogens is 470 g/mol. The molecule has 2 aliphatic heterocycles. The van der Waals surface area contributed by atoms with Gasteiger partial charge in [0.25, 0.3) is 5.91 Å². The van der Waals surface area contributed by atoms with E-state index in [4.69, 9.17) is 4.74 Å². The number of rotatable bonds is 7. The first-order chi connectivity index (χ1) is 17.8. The van der Waals surface area contributed by atoms with E-state index in [0.29, 0.717) is 36.8 Å². The minimum atomic E-state index is -0.920. The predicted molar refractivity (Wildman–Crippen MR) is 142 cm³/mol. The third-order valence-corrected chi connectivity index (χ3v) is 6.79. The predicted octanol–water partition coefficient (Wildman–Crippen LogP) is 2.97. The van der Waals surface area contributed by atoms with E-state index in [0.717, 1.165) is 34.7 Å². The highest BCUT2D eigenvalue weighted by molar-refractivity contribution is 6.05. The van der Waals surface area contributed by atoms with Crippen LogP contribution in [-0.2, 0) is 11.3 Å². The van der Waals surface area contributed by atoms with Gasteiger partial charge in [0.2, 0.25) is 0 Å². The van der Waals surface area contributed by atoms with Gasteiger partial charge in [-0.15, -0.1) is 0 Å². The number of carbonyl (C=O) groups excluding carboxylic acids is 1. The zero-order valence-electron chi connectivity index (χ0n) is 21.2. The fraction of sp³-hybridized carbons (Fsp3) is 0.333. The number of aliphatic imine (C=N–C) groups is 1. The van der Waals surface area contributed by atoms with Crippen LogP contribution in [0.3, 0.4) is 0 Å². The molecule has 0 aliphatic carbocycles. The van der Waals surface area contributed by atoms with Crippen LogP contribution in [0.25, 0.3) is 16.9 Å². The Morgan fingerprint density at radius 1 is 1.35 bits per heavy atom. The minimum Gasteiger partial charge on any atom is -0.388 e. The molecule has 3 N–H and O–H groups in total. The number of hydrogen-bond donors (Lipinski definition) is 3. The second kappa shape index (κ2) is 9.79. The SMILES string of the molecule is C=N/C(=C\C=C(/C)N1CCO[C@H](C(C)(C)O)C1)Nc1ccc(-c2cnc3cccnn23)c2c1C(=O)NC2. The Labute approximate surface area is 215 Å². The maximum Gasteiger partial charge on any atom is 0.254 e. The van der Waals surface area contributed by atoms with Crippen molar-refractivity contribution in [3.05, 3.63) is 71.5 Å². The molecular formula is C27H31N7O3. The number of imidazole rings is 1. The van der Waals surface area contributed by atoms with Crippen LogP contribution in [0.5, 0.6) is 0 Å². The lowest BCUT2D eigenvalue weighted by atomic mass is 9.99. The molecule has 4 heterocycles. The van der Waals surface area contributed by atoms with E-state index in [1.807, 2.05) is 43.3 Å². The van der Waals surface area contributed by atoms with Crippen LogP contribution >= 0.6 is 0 Å². The lowest BCUT2D eigenvalue weighted by Gasteiger charge is -2.40. The number of morpholine rings is 1. The number of nitrogens with zero attached hydrogens (tertiary/aromatic N) is 5. The third-order valence-electron chi connectivity index (χ3n) is 6.79. The lowest BCUT2D eigenvalue weighted by molar-refractivity contribution is -0.121. The van der Waals surface area contributed by atoms with Gasteiger partial charge in [0, 0.05) is 37.1 Å². The van der Waals surface area contributed by atoms with Crippen molar-refractivity contribution in [2.24, 2.45) is 4.99 Å². The van der Waals surface area contributed by atoms with E-state index in [2.05, 4.69) is 37.3 Å². The average molecular weight is 502 g/mol. The zero-order valence-corrected chi connectivity index (χ0v) is 21.2. The largest absolute Gasteiger partial charge is 0.388 e. The maximum absolute atomic E-state index is 12.8. The molecule has 192 valence electrons. The quantitative estimate of drug-likeness (QED) is 0.337. The van der Waals surface area contributed by atoms with Crippen LogP contribution in [0.4, 0.5) is 5.69 Å². The number of nitrogens with one attached hydrogen (secondary N) is 2. The van der Waals surface area contributed by atoms with Crippen molar-refractivity contribution >= 4 is 24.0 Å². The van der Waals surface area contributed by atoms with Gasteiger partial charge in [-0.3, -0.25) is 4.79 Å². The van der Waals surface area contributed by atoms with Gasteiger partial charge in [-0.2, -0.15) is 5.10 Å². The van der Waals surface area contributed by atoms with Crippen molar-refractivity contribution in [1.29, 1.82) is 0 Å². The molecule has 2 aromatic heterocycles. The van der Waals surface area contributed by atoms with Crippen LogP contribution in [0.15, 0.2) is 65.3 Å². The number of allylic oxidation sites excluding steroid dienone is 3. The molecule has 1 amide bonds. The van der Waals surface area contributed by atoms with Crippen molar-refractivity contribution in [2.75, 3.05) is 25.0 Å². The molecule has 1 atom stereocenters. The van der Waals surface area contributed by atoms with Gasteiger partial charge in [0.1, 0.15) is 11.9 Å². The number of benzene rings is 1. The third kappa shape index (κ3) is 4.85. The molecule has 3 aromatic rings. The number of carbonyl (C=O) groups is 1. The van der Waals surface area contributed by atoms with E-state index >= 15 is 0 Å². The summed E-state index contributed by atoms with van der Waals surface area (Å²) in [7, 11) is 0. The maximum atomic E-state index is 12.8. The van der Waals surface area contributed by atoms with Crippen LogP contribution < -0.4 is 10.6 Å². The van der Waals surface area contributed by atoms with Gasteiger partial charge in [-0.25, -0.2) is 14.5 Å². The van der Waals surface area contributed by atoms with E-state index < -0.39 is 5.60 Å². The summed E-state index contributed by atoms with van der Waals surface area (Å²) in [4.78, 5) is 23.6. The van der Waals surface area contributed by atoms with E-state index in [9.17, 15) is 9.90 Å². The Balaban J connectivity index is 1.41. The number of anilines is 1. The monoisotopic (exact) mass is 501 g/mol. The molecule has 1 fully saturated rings. The number of fused-ring (bicyclic) bond motifs is 2. The van der Waals surface area contributed by atoms with Gasteiger partial charge in [0.15, 0.2) is 5.65 Å². The second-order valence-electron chi connectivity index (χ2n) is 9.74. The summed E-state index contributed by atoms with van der Waals surface area (Å²) in [5.41, 5.74) is 4.64. The molecule has 2 aliphatic rings. The molecule has 0 bridgehead atoms. The summed E-state index contributed by atoms with van der Waals surface area (Å²) in [6.45, 7) is 11.5. The van der Waals surface area contributed by atoms with E-state index in [1.54, 1.807) is 30.8 Å². The summed E-state index contributed by atoms with van der Waals surface area (Å²) >= 11 is 0. The molecule has 0 radical (unpaired) electrons. The second-order valence-corrected chi connectivity index (χ2v) is 9.74. The smallest absolute Gasteiger partial charge is 0.254 e. The summed E-state index contributed by atoms with van der Waals surface area (Å²) in [5, 5.41) is 20.9. The number of aromatic nitrogens is 3. The van der Waals surface area contributed by atoms with Gasteiger partial charge >= 0.3 is 0 Å². The summed E-state index contributed by atoms with van der Waals surface area (Å²) in [5.74, 6) is 0.361. The summed E-state index contributed by atoms with van der Waals surface area (Å²) in [6.07, 6.45) is 6.99. The van der Waals surface area contributed by atoms with Gasteiger partial charge in [-0.1, -0.05) is 6.07 Å². The summed E-state index contributed by atoms with van der Waals surface area (Å²) in [6, 6.07) is 7.56. The Bertz CT molecular complexity index is 1420. The van der Waals surface area contributed by atoms with Crippen molar-refractivity contribution in [1.82, 2.24) is 24.8 Å². The molecule has 5 rings (SSSR count). The number of aliphatic hydroxyl groups is 1. The highest BCUT2D eigenvalue weighted by Crippen LogP contribution is 2.34. The summed E-state index contributed by atoms with van der Waals surface area (Å²) < 4.78 is 7.51.